The van der Waals surface area contributed by atoms with Gasteiger partial charge in [0, 0.05) is 36.7 Å². The van der Waals surface area contributed by atoms with E-state index in [-0.39, 0.29) is 10.6 Å². The zero-order valence-corrected chi connectivity index (χ0v) is 23.9. The van der Waals surface area contributed by atoms with Crippen molar-refractivity contribution in [3.63, 3.8) is 0 Å². The second-order valence-corrected chi connectivity index (χ2v) is 11.3. The van der Waals surface area contributed by atoms with Gasteiger partial charge in [-0.3, -0.25) is 14.6 Å². The number of carbonyl (C=O) groups excluding carboxylic acids is 2. The summed E-state index contributed by atoms with van der Waals surface area (Å²) in [6, 6.07) is 12.1. The van der Waals surface area contributed by atoms with Gasteiger partial charge in [-0.15, -0.1) is 11.3 Å². The van der Waals surface area contributed by atoms with Gasteiger partial charge in [-0.05, 0) is 55.3 Å². The first-order chi connectivity index (χ1) is 20.6. The maximum atomic E-state index is 13.7. The molecule has 0 N–H and O–H groups in total. The molecule has 4 heterocycles. The summed E-state index contributed by atoms with van der Waals surface area (Å²) in [6.45, 7) is 6.38. The van der Waals surface area contributed by atoms with Gasteiger partial charge < -0.3 is 14.1 Å². The van der Waals surface area contributed by atoms with Crippen LogP contribution in [-0.2, 0) is 20.9 Å². The molecule has 2 aromatic carbocycles. The van der Waals surface area contributed by atoms with Crippen LogP contribution in [0.4, 0.5) is 28.9 Å². The number of ether oxygens (including phenoxy) is 1. The van der Waals surface area contributed by atoms with E-state index in [2.05, 4.69) is 14.5 Å². The summed E-state index contributed by atoms with van der Waals surface area (Å²) in [5.41, 5.74) is 2.44. The van der Waals surface area contributed by atoms with Crippen LogP contribution in [0.1, 0.15) is 21.9 Å². The van der Waals surface area contributed by atoms with Crippen LogP contribution in [-0.4, -0.2) is 72.0 Å². The molecule has 0 spiro atoms. The van der Waals surface area contributed by atoms with Crippen molar-refractivity contribution in [3.8, 4) is 10.4 Å². The van der Waals surface area contributed by atoms with E-state index in [1.807, 2.05) is 13.0 Å². The molecule has 2 aliphatic rings. The number of thiophene rings is 1. The summed E-state index contributed by atoms with van der Waals surface area (Å²) in [5.74, 6) is -2.56. The summed E-state index contributed by atoms with van der Waals surface area (Å²) in [7, 11) is 0. The number of imidazole rings is 1. The van der Waals surface area contributed by atoms with Gasteiger partial charge in [0.05, 0.1) is 24.2 Å². The number of carbonyl (C=O) groups is 2. The molecule has 0 atom stereocenters. The molecular weight excluding hydrogens is 590 g/mol. The van der Waals surface area contributed by atoms with Crippen molar-refractivity contribution in [2.75, 3.05) is 49.5 Å². The number of aromatic nitrogens is 2. The van der Waals surface area contributed by atoms with Crippen LogP contribution in [0, 0.1) is 12.7 Å². The Balaban J connectivity index is 1.29. The van der Waals surface area contributed by atoms with Crippen LogP contribution >= 0.6 is 11.3 Å². The zero-order valence-electron chi connectivity index (χ0n) is 23.1. The molecule has 9 nitrogen and oxygen atoms in total. The van der Waals surface area contributed by atoms with E-state index < -0.39 is 30.5 Å². The lowest BCUT2D eigenvalue weighted by Crippen LogP contribution is -2.48. The molecule has 2 aliphatic heterocycles. The predicted octanol–water partition coefficient (Wildman–Crippen LogP) is 5.38. The van der Waals surface area contributed by atoms with Crippen molar-refractivity contribution in [1.29, 1.82) is 0 Å². The molecule has 0 unspecified atom stereocenters. The Hall–Kier alpha value is -4.01. The SMILES string of the molecule is Cc1nc2cc(N3CN(OC(=O)C(F)(F)F)c4cc(-c5ccc(F)cc5)sc4C3=O)ccc2n1CCCN1CCOCC1. The minimum Gasteiger partial charge on any atom is -0.379 e. The standard InChI is InChI=1S/C29H27F4N5O4S/c1-18-34-22-15-21(7-8-23(22)36(18)10-2-9-35-11-13-41-14-12-35)37-17-38(42-28(40)29(31,32)33)24-16-25(43-26(24)27(37)39)19-3-5-20(30)6-4-19/h3-8,15-16H,2,9-14,17H2,1H3. The average molecular weight is 618 g/mol. The van der Waals surface area contributed by atoms with Gasteiger partial charge in [-0.1, -0.05) is 12.1 Å². The Labute approximate surface area is 247 Å². The number of amides is 1. The first-order valence-corrected chi connectivity index (χ1v) is 14.5. The van der Waals surface area contributed by atoms with Crippen LogP contribution in [0.5, 0.6) is 0 Å². The maximum Gasteiger partial charge on any atom is 0.493 e. The third kappa shape index (κ3) is 5.94. The zero-order chi connectivity index (χ0) is 30.3. The fraction of sp³-hybridized carbons (Fsp3) is 0.345. The number of fused-ring (bicyclic) bond motifs is 2. The van der Waals surface area contributed by atoms with Crippen molar-refractivity contribution in [2.24, 2.45) is 0 Å². The molecular formula is C29H27F4N5O4S. The summed E-state index contributed by atoms with van der Waals surface area (Å²) in [6.07, 6.45) is -4.33. The summed E-state index contributed by atoms with van der Waals surface area (Å²) in [4.78, 5) is 39.1. The minimum absolute atomic E-state index is 0.0182. The van der Waals surface area contributed by atoms with E-state index in [4.69, 9.17) is 9.57 Å². The monoisotopic (exact) mass is 617 g/mol. The highest BCUT2D eigenvalue weighted by Crippen LogP contribution is 2.42. The Morgan fingerprint density at radius 1 is 1.07 bits per heavy atom. The minimum atomic E-state index is -5.24. The van der Waals surface area contributed by atoms with Crippen molar-refractivity contribution in [1.82, 2.24) is 14.5 Å². The predicted molar refractivity (Wildman–Crippen MR) is 152 cm³/mol. The molecule has 1 fully saturated rings. The normalized spacial score (nSPS) is 16.2. The van der Waals surface area contributed by atoms with Crippen LogP contribution in [0.15, 0.2) is 48.5 Å². The Morgan fingerprint density at radius 3 is 2.53 bits per heavy atom. The van der Waals surface area contributed by atoms with Gasteiger partial charge >= 0.3 is 12.1 Å². The number of hydrogen-bond acceptors (Lipinski definition) is 8. The number of hydrogen-bond donors (Lipinski definition) is 0. The molecule has 14 heteroatoms. The van der Waals surface area contributed by atoms with E-state index in [0.717, 1.165) is 73.6 Å². The molecule has 0 aliphatic carbocycles. The number of rotatable bonds is 7. The van der Waals surface area contributed by atoms with Crippen LogP contribution in [0.3, 0.4) is 0 Å². The molecule has 226 valence electrons. The molecule has 1 saturated heterocycles. The van der Waals surface area contributed by atoms with E-state index in [0.29, 0.717) is 21.6 Å². The summed E-state index contributed by atoms with van der Waals surface area (Å²) >= 11 is 1.01. The van der Waals surface area contributed by atoms with Crippen LogP contribution in [0.25, 0.3) is 21.5 Å². The van der Waals surface area contributed by atoms with Crippen molar-refractivity contribution >= 4 is 45.6 Å². The first-order valence-electron chi connectivity index (χ1n) is 13.6. The number of nitrogens with zero attached hydrogens (tertiary/aromatic N) is 5. The van der Waals surface area contributed by atoms with Crippen LogP contribution in [0.2, 0.25) is 0 Å². The topological polar surface area (TPSA) is 80.1 Å². The van der Waals surface area contributed by atoms with Gasteiger partial charge in [-0.25, -0.2) is 14.2 Å². The van der Waals surface area contributed by atoms with E-state index in [9.17, 15) is 27.2 Å². The number of hydroxylamine groups is 1. The van der Waals surface area contributed by atoms with Gasteiger partial charge in [0.1, 0.15) is 28.9 Å². The van der Waals surface area contributed by atoms with Crippen LogP contribution < -0.4 is 9.96 Å². The summed E-state index contributed by atoms with van der Waals surface area (Å²) < 4.78 is 60.5. The second-order valence-electron chi connectivity index (χ2n) is 10.3. The first kappa shape index (κ1) is 29.1. The lowest BCUT2D eigenvalue weighted by Gasteiger charge is -2.34. The van der Waals surface area contributed by atoms with Crippen molar-refractivity contribution < 1.29 is 36.7 Å². The largest absolute Gasteiger partial charge is 0.493 e. The van der Waals surface area contributed by atoms with Gasteiger partial charge in [0.2, 0.25) is 0 Å². The lowest BCUT2D eigenvalue weighted by molar-refractivity contribution is -0.201. The fourth-order valence-electron chi connectivity index (χ4n) is 5.26. The number of alkyl halides is 3. The van der Waals surface area contributed by atoms with Crippen molar-refractivity contribution in [3.05, 3.63) is 65.0 Å². The lowest BCUT2D eigenvalue weighted by atomic mass is 10.1. The van der Waals surface area contributed by atoms with Gasteiger partial charge in [0.25, 0.3) is 5.91 Å². The molecule has 43 heavy (non-hydrogen) atoms. The highest BCUT2D eigenvalue weighted by Gasteiger charge is 2.45. The fourth-order valence-corrected chi connectivity index (χ4v) is 6.37. The van der Waals surface area contributed by atoms with E-state index in [1.54, 1.807) is 12.1 Å². The Morgan fingerprint density at radius 2 is 1.81 bits per heavy atom. The van der Waals surface area contributed by atoms with E-state index >= 15 is 0 Å². The quantitative estimate of drug-likeness (QED) is 0.258. The van der Waals surface area contributed by atoms with E-state index in [1.165, 1.54) is 35.2 Å². The number of anilines is 2. The highest BCUT2D eigenvalue weighted by atomic mass is 32.1. The van der Waals surface area contributed by atoms with Crippen molar-refractivity contribution in [2.45, 2.75) is 26.1 Å². The summed E-state index contributed by atoms with van der Waals surface area (Å²) in [5, 5.41) is 0.760. The second kappa shape index (κ2) is 11.6. The molecule has 0 saturated carbocycles. The molecule has 2 aromatic heterocycles. The Bertz CT molecular complexity index is 1660. The average Bonchev–Trinajstić information content (AvgIpc) is 3.56. The molecule has 1 amide bonds. The smallest absolute Gasteiger partial charge is 0.379 e. The number of halogens is 4. The third-order valence-electron chi connectivity index (χ3n) is 7.44. The number of benzene rings is 2. The molecule has 0 radical (unpaired) electrons. The molecule has 4 aromatic rings. The molecule has 6 rings (SSSR count). The Kier molecular flexibility index (Phi) is 7.83. The maximum absolute atomic E-state index is 13.7. The van der Waals surface area contributed by atoms with Gasteiger partial charge in [0.15, 0.2) is 0 Å². The number of morpholine rings is 1. The van der Waals surface area contributed by atoms with Gasteiger partial charge in [-0.2, -0.15) is 18.2 Å². The third-order valence-corrected chi connectivity index (χ3v) is 8.60. The highest BCUT2D eigenvalue weighted by molar-refractivity contribution is 7.18. The number of aryl methyl sites for hydroxylation is 2. The molecule has 0 bridgehead atoms.